The fraction of sp³-hybridized carbons (Fsp3) is 0.111. The summed E-state index contributed by atoms with van der Waals surface area (Å²) in [5.41, 5.74) is 0. The minimum Gasteiger partial charge on any atom is -0.465 e. The van der Waals surface area contributed by atoms with Crippen molar-refractivity contribution >= 4 is 15.9 Å². The maximum Gasteiger partial charge on any atom is 0.172 e. The van der Waals surface area contributed by atoms with Crippen molar-refractivity contribution in [3.05, 3.63) is 46.8 Å². The quantitative estimate of drug-likeness (QED) is 0.890. The van der Waals surface area contributed by atoms with Crippen LogP contribution in [0.5, 0.6) is 0 Å². The molecule has 0 spiro atoms. The monoisotopic (exact) mass is 254 g/mol. The first-order valence-electron chi connectivity index (χ1n) is 3.97. The zero-order valence-corrected chi connectivity index (χ0v) is 8.68. The van der Waals surface area contributed by atoms with Crippen molar-refractivity contribution in [2.75, 3.05) is 0 Å². The summed E-state index contributed by atoms with van der Waals surface area (Å²) in [7, 11) is 0. The van der Waals surface area contributed by atoms with Crippen LogP contribution >= 0.6 is 15.9 Å². The first-order chi connectivity index (χ1) is 6.79. The molecular weight excluding hydrogens is 248 g/mol. The van der Waals surface area contributed by atoms with Crippen LogP contribution in [0.1, 0.15) is 17.7 Å². The standard InChI is InChI=1S/C9H7BrN2O2/c10-6-2-5-14-8(6)7(13)9-11-3-1-4-12-9/h1-5,7,13H. The molecular formula is C9H7BrN2O2. The van der Waals surface area contributed by atoms with Gasteiger partial charge in [-0.15, -0.1) is 0 Å². The van der Waals surface area contributed by atoms with Crippen molar-refractivity contribution in [3.63, 3.8) is 0 Å². The lowest BCUT2D eigenvalue weighted by atomic mass is 10.2. The molecule has 2 aromatic heterocycles. The molecule has 14 heavy (non-hydrogen) atoms. The van der Waals surface area contributed by atoms with Crippen LogP contribution in [-0.2, 0) is 0 Å². The Kier molecular flexibility index (Phi) is 2.60. The van der Waals surface area contributed by atoms with E-state index >= 15 is 0 Å². The van der Waals surface area contributed by atoms with Crippen LogP contribution < -0.4 is 0 Å². The Balaban J connectivity index is 2.34. The van der Waals surface area contributed by atoms with Gasteiger partial charge in [-0.05, 0) is 28.1 Å². The highest BCUT2D eigenvalue weighted by molar-refractivity contribution is 9.10. The zero-order chi connectivity index (χ0) is 9.97. The predicted octanol–water partition coefficient (Wildman–Crippen LogP) is 1.91. The minimum absolute atomic E-state index is 0.322. The lowest BCUT2D eigenvalue weighted by Crippen LogP contribution is -2.03. The van der Waals surface area contributed by atoms with Crippen molar-refractivity contribution in [1.82, 2.24) is 9.97 Å². The van der Waals surface area contributed by atoms with Crippen molar-refractivity contribution in [1.29, 1.82) is 0 Å². The number of halogens is 1. The van der Waals surface area contributed by atoms with Crippen molar-refractivity contribution in [2.24, 2.45) is 0 Å². The number of aliphatic hydroxyl groups is 1. The average molecular weight is 255 g/mol. The molecule has 5 heteroatoms. The smallest absolute Gasteiger partial charge is 0.172 e. The van der Waals surface area contributed by atoms with Gasteiger partial charge < -0.3 is 9.52 Å². The normalized spacial score (nSPS) is 12.7. The lowest BCUT2D eigenvalue weighted by Gasteiger charge is -2.05. The third kappa shape index (κ3) is 1.69. The van der Waals surface area contributed by atoms with E-state index in [4.69, 9.17) is 4.42 Å². The van der Waals surface area contributed by atoms with E-state index in [1.54, 1.807) is 24.5 Å². The molecule has 2 rings (SSSR count). The van der Waals surface area contributed by atoms with Crippen LogP contribution in [0.4, 0.5) is 0 Å². The van der Waals surface area contributed by atoms with E-state index in [0.717, 1.165) is 0 Å². The van der Waals surface area contributed by atoms with Gasteiger partial charge in [0.15, 0.2) is 17.7 Å². The Morgan fingerprint density at radius 2 is 2.07 bits per heavy atom. The Hall–Kier alpha value is -1.20. The van der Waals surface area contributed by atoms with Crippen LogP contribution in [0.15, 0.2) is 39.7 Å². The van der Waals surface area contributed by atoms with E-state index in [-0.39, 0.29) is 0 Å². The van der Waals surface area contributed by atoms with Gasteiger partial charge in [0.2, 0.25) is 0 Å². The van der Waals surface area contributed by atoms with Gasteiger partial charge in [0, 0.05) is 12.4 Å². The average Bonchev–Trinajstić information content (AvgIpc) is 2.65. The molecule has 0 amide bonds. The predicted molar refractivity (Wildman–Crippen MR) is 52.5 cm³/mol. The molecule has 0 saturated carbocycles. The number of nitrogens with zero attached hydrogens (tertiary/aromatic N) is 2. The van der Waals surface area contributed by atoms with Gasteiger partial charge in [0.25, 0.3) is 0 Å². The van der Waals surface area contributed by atoms with Gasteiger partial charge >= 0.3 is 0 Å². The summed E-state index contributed by atoms with van der Waals surface area (Å²) >= 11 is 3.25. The molecule has 0 saturated heterocycles. The molecule has 0 aliphatic carbocycles. The molecule has 2 aromatic rings. The Labute approximate surface area is 88.7 Å². The summed E-state index contributed by atoms with van der Waals surface area (Å²) in [4.78, 5) is 7.87. The zero-order valence-electron chi connectivity index (χ0n) is 7.09. The fourth-order valence-electron chi connectivity index (χ4n) is 1.07. The lowest BCUT2D eigenvalue weighted by molar-refractivity contribution is 0.179. The van der Waals surface area contributed by atoms with Crippen LogP contribution in [0, 0.1) is 0 Å². The van der Waals surface area contributed by atoms with Gasteiger partial charge in [0.1, 0.15) is 0 Å². The van der Waals surface area contributed by atoms with Gasteiger partial charge in [-0.25, -0.2) is 9.97 Å². The number of furan rings is 1. The molecule has 0 aromatic carbocycles. The number of rotatable bonds is 2. The summed E-state index contributed by atoms with van der Waals surface area (Å²) in [6.07, 6.45) is 3.71. The largest absolute Gasteiger partial charge is 0.465 e. The van der Waals surface area contributed by atoms with Crippen LogP contribution in [0.2, 0.25) is 0 Å². The second kappa shape index (κ2) is 3.89. The maximum atomic E-state index is 9.81. The van der Waals surface area contributed by atoms with E-state index < -0.39 is 6.10 Å². The van der Waals surface area contributed by atoms with Crippen molar-refractivity contribution in [3.8, 4) is 0 Å². The van der Waals surface area contributed by atoms with E-state index in [1.807, 2.05) is 0 Å². The number of hydrogen-bond donors (Lipinski definition) is 1. The summed E-state index contributed by atoms with van der Waals surface area (Å²) in [5.74, 6) is 0.736. The molecule has 4 nitrogen and oxygen atoms in total. The maximum absolute atomic E-state index is 9.81. The third-order valence-corrected chi connectivity index (χ3v) is 2.38. The van der Waals surface area contributed by atoms with Crippen molar-refractivity contribution in [2.45, 2.75) is 6.10 Å². The number of hydrogen-bond acceptors (Lipinski definition) is 4. The second-order valence-electron chi connectivity index (χ2n) is 2.64. The highest BCUT2D eigenvalue weighted by Crippen LogP contribution is 2.27. The molecule has 0 fully saturated rings. The molecule has 1 N–H and O–H groups in total. The highest BCUT2D eigenvalue weighted by Gasteiger charge is 2.18. The molecule has 0 aliphatic rings. The van der Waals surface area contributed by atoms with Gasteiger partial charge in [-0.2, -0.15) is 0 Å². The first-order valence-corrected chi connectivity index (χ1v) is 4.76. The van der Waals surface area contributed by atoms with Crippen LogP contribution in [0.3, 0.4) is 0 Å². The molecule has 2 heterocycles. The topological polar surface area (TPSA) is 59.2 Å². The highest BCUT2D eigenvalue weighted by atomic mass is 79.9. The van der Waals surface area contributed by atoms with E-state index in [9.17, 15) is 5.11 Å². The molecule has 0 bridgehead atoms. The van der Waals surface area contributed by atoms with E-state index in [1.165, 1.54) is 6.26 Å². The molecule has 72 valence electrons. The fourth-order valence-corrected chi connectivity index (χ4v) is 1.49. The summed E-state index contributed by atoms with van der Waals surface area (Å²) in [6.45, 7) is 0. The number of aliphatic hydroxyl groups excluding tert-OH is 1. The van der Waals surface area contributed by atoms with Crippen LogP contribution in [-0.4, -0.2) is 15.1 Å². The van der Waals surface area contributed by atoms with Gasteiger partial charge in [0.05, 0.1) is 10.7 Å². The molecule has 1 atom stereocenters. The summed E-state index contributed by atoms with van der Waals surface area (Å²) in [6, 6.07) is 3.40. The van der Waals surface area contributed by atoms with Gasteiger partial charge in [-0.1, -0.05) is 0 Å². The van der Waals surface area contributed by atoms with Crippen LogP contribution in [0.25, 0.3) is 0 Å². The molecule has 0 radical (unpaired) electrons. The summed E-state index contributed by atoms with van der Waals surface area (Å²) in [5, 5.41) is 9.81. The van der Waals surface area contributed by atoms with E-state index in [2.05, 4.69) is 25.9 Å². The van der Waals surface area contributed by atoms with Gasteiger partial charge in [-0.3, -0.25) is 0 Å². The summed E-state index contributed by atoms with van der Waals surface area (Å²) < 4.78 is 5.81. The van der Waals surface area contributed by atoms with Crippen molar-refractivity contribution < 1.29 is 9.52 Å². The molecule has 0 aliphatic heterocycles. The Morgan fingerprint density at radius 1 is 1.36 bits per heavy atom. The third-order valence-electron chi connectivity index (χ3n) is 1.72. The minimum atomic E-state index is -0.930. The second-order valence-corrected chi connectivity index (χ2v) is 3.50. The number of aromatic nitrogens is 2. The Bertz CT molecular complexity index is 416. The van der Waals surface area contributed by atoms with E-state index in [0.29, 0.717) is 16.1 Å². The first kappa shape index (κ1) is 9.36. The Morgan fingerprint density at radius 3 is 2.64 bits per heavy atom. The molecule has 1 unspecified atom stereocenters. The SMILES string of the molecule is OC(c1ncccn1)c1occc1Br.